The van der Waals surface area contributed by atoms with Gasteiger partial charge in [0.15, 0.2) is 0 Å². The van der Waals surface area contributed by atoms with Crippen LogP contribution < -0.4 is 27.4 Å². The molecule has 1 aromatic rings. The number of rotatable bonds is 15. The minimum atomic E-state index is -1.71. The van der Waals surface area contributed by atoms with E-state index in [1.807, 2.05) is 5.32 Å². The number of hydrogen-bond acceptors (Lipinski definition) is 8. The largest absolute Gasteiger partial charge is 0.481 e. The lowest BCUT2D eigenvalue weighted by atomic mass is 10.1. The van der Waals surface area contributed by atoms with Crippen molar-refractivity contribution in [1.82, 2.24) is 16.0 Å². The molecule has 1 rings (SSSR count). The molecule has 0 aliphatic carbocycles. The average molecular weight is 495 g/mol. The molecule has 0 radical (unpaired) electrons. The molecule has 1 aromatic carbocycles. The van der Waals surface area contributed by atoms with Gasteiger partial charge in [0.25, 0.3) is 0 Å². The Morgan fingerprint density at radius 2 is 1.37 bits per heavy atom. The minimum Gasteiger partial charge on any atom is -0.481 e. The first-order valence-electron chi connectivity index (χ1n) is 10.5. The van der Waals surface area contributed by atoms with Crippen LogP contribution in [0.5, 0.6) is 0 Å². The third-order valence-electron chi connectivity index (χ3n) is 4.75. The van der Waals surface area contributed by atoms with E-state index >= 15 is 0 Å². The Kier molecular flexibility index (Phi) is 11.8. The molecular formula is C21H29N5O9. The Morgan fingerprint density at radius 3 is 1.89 bits per heavy atom. The van der Waals surface area contributed by atoms with Crippen molar-refractivity contribution in [3.8, 4) is 0 Å². The number of benzene rings is 1. The average Bonchev–Trinajstić information content (AvgIpc) is 2.79. The molecule has 4 amide bonds. The van der Waals surface area contributed by atoms with Gasteiger partial charge in [-0.25, -0.2) is 4.79 Å². The lowest BCUT2D eigenvalue weighted by Gasteiger charge is -2.24. The van der Waals surface area contributed by atoms with Crippen molar-refractivity contribution in [2.45, 2.75) is 49.9 Å². The summed E-state index contributed by atoms with van der Waals surface area (Å²) in [7, 11) is 0. The van der Waals surface area contributed by atoms with Gasteiger partial charge in [-0.1, -0.05) is 30.3 Å². The lowest BCUT2D eigenvalue weighted by Crippen LogP contribution is -2.58. The van der Waals surface area contributed by atoms with Crippen molar-refractivity contribution in [3.63, 3.8) is 0 Å². The molecule has 0 aromatic heterocycles. The molecule has 0 heterocycles. The molecule has 0 aliphatic heterocycles. The molecule has 35 heavy (non-hydrogen) atoms. The first-order valence-corrected chi connectivity index (χ1v) is 10.5. The number of primary amides is 1. The van der Waals surface area contributed by atoms with Gasteiger partial charge < -0.3 is 42.7 Å². The fourth-order valence-electron chi connectivity index (χ4n) is 2.92. The molecule has 14 heteroatoms. The predicted octanol–water partition coefficient (Wildman–Crippen LogP) is -3.17. The zero-order valence-corrected chi connectivity index (χ0v) is 18.7. The second-order valence-electron chi connectivity index (χ2n) is 7.60. The molecule has 0 bridgehead atoms. The van der Waals surface area contributed by atoms with Crippen LogP contribution in [0.25, 0.3) is 0 Å². The number of carbonyl (C=O) groups is 6. The number of carboxylic acid groups (broad SMARTS) is 2. The van der Waals surface area contributed by atoms with Crippen LogP contribution in [0.2, 0.25) is 0 Å². The van der Waals surface area contributed by atoms with Crippen LogP contribution in [-0.4, -0.2) is 81.7 Å². The highest BCUT2D eigenvalue weighted by atomic mass is 16.4. The van der Waals surface area contributed by atoms with Gasteiger partial charge in [0, 0.05) is 6.42 Å². The summed E-state index contributed by atoms with van der Waals surface area (Å²) in [4.78, 5) is 70.8. The standard InChI is InChI=1S/C21H29N5O9/c22-12(8-11-4-2-1-3-5-11)18(31)26-15(10-27)20(33)24-13(6-7-17(29)30)19(32)25-14(21(34)35)9-16(23)28/h1-5,12-15,27H,6-10,22H2,(H2,23,28)(H,24,33)(H,25,32)(H,26,31)(H,29,30)(H,34,35). The van der Waals surface area contributed by atoms with E-state index in [1.165, 1.54) is 0 Å². The second kappa shape index (κ2) is 14.3. The van der Waals surface area contributed by atoms with E-state index in [0.29, 0.717) is 0 Å². The fraction of sp³-hybridized carbons (Fsp3) is 0.429. The summed E-state index contributed by atoms with van der Waals surface area (Å²) in [6.07, 6.45) is -1.62. The summed E-state index contributed by atoms with van der Waals surface area (Å²) in [5.41, 5.74) is 11.6. The Bertz CT molecular complexity index is 925. The molecule has 192 valence electrons. The van der Waals surface area contributed by atoms with Gasteiger partial charge in [-0.15, -0.1) is 0 Å². The van der Waals surface area contributed by atoms with E-state index in [4.69, 9.17) is 21.7 Å². The molecule has 0 spiro atoms. The van der Waals surface area contributed by atoms with Crippen LogP contribution >= 0.6 is 0 Å². The molecule has 4 atom stereocenters. The molecule has 0 aliphatic rings. The number of carbonyl (C=O) groups excluding carboxylic acids is 4. The van der Waals surface area contributed by atoms with Crippen LogP contribution in [0.15, 0.2) is 30.3 Å². The zero-order chi connectivity index (χ0) is 26.5. The first-order chi connectivity index (χ1) is 16.4. The maximum atomic E-state index is 12.6. The fourth-order valence-corrected chi connectivity index (χ4v) is 2.92. The van der Waals surface area contributed by atoms with E-state index < -0.39 is 85.6 Å². The Hall–Kier alpha value is -4.04. The van der Waals surface area contributed by atoms with Gasteiger partial charge in [-0.3, -0.25) is 24.0 Å². The number of nitrogens with two attached hydrogens (primary N) is 2. The van der Waals surface area contributed by atoms with Crippen molar-refractivity contribution >= 4 is 35.6 Å². The van der Waals surface area contributed by atoms with Crippen LogP contribution in [0.3, 0.4) is 0 Å². The second-order valence-corrected chi connectivity index (χ2v) is 7.60. The predicted molar refractivity (Wildman–Crippen MR) is 119 cm³/mol. The van der Waals surface area contributed by atoms with Crippen LogP contribution in [0.1, 0.15) is 24.8 Å². The summed E-state index contributed by atoms with van der Waals surface area (Å²) in [6, 6.07) is 2.92. The van der Waals surface area contributed by atoms with Crippen LogP contribution in [-0.2, 0) is 35.2 Å². The number of hydrogen-bond donors (Lipinski definition) is 8. The summed E-state index contributed by atoms with van der Waals surface area (Å²) >= 11 is 0. The SMILES string of the molecule is NC(=O)CC(NC(=O)C(CCC(=O)O)NC(=O)C(CO)NC(=O)C(N)Cc1ccccc1)C(=O)O. The third-order valence-corrected chi connectivity index (χ3v) is 4.75. The van der Waals surface area contributed by atoms with E-state index in [-0.39, 0.29) is 6.42 Å². The van der Waals surface area contributed by atoms with Crippen molar-refractivity contribution in [2.75, 3.05) is 6.61 Å². The molecule has 4 unspecified atom stereocenters. The van der Waals surface area contributed by atoms with E-state index in [0.717, 1.165) is 5.56 Å². The summed E-state index contributed by atoms with van der Waals surface area (Å²) in [5.74, 6) is -6.80. The molecular weight excluding hydrogens is 466 g/mol. The van der Waals surface area contributed by atoms with Crippen molar-refractivity contribution in [2.24, 2.45) is 11.5 Å². The molecule has 0 fully saturated rings. The third kappa shape index (κ3) is 10.6. The molecule has 0 saturated heterocycles. The van der Waals surface area contributed by atoms with E-state index in [9.17, 15) is 33.9 Å². The van der Waals surface area contributed by atoms with Crippen LogP contribution in [0, 0.1) is 0 Å². The Morgan fingerprint density at radius 1 is 0.829 bits per heavy atom. The van der Waals surface area contributed by atoms with Gasteiger partial charge in [-0.2, -0.15) is 0 Å². The highest BCUT2D eigenvalue weighted by molar-refractivity contribution is 5.95. The minimum absolute atomic E-state index is 0.145. The number of nitrogens with one attached hydrogen (secondary N) is 3. The topological polar surface area (TPSA) is 251 Å². The highest BCUT2D eigenvalue weighted by Crippen LogP contribution is 2.04. The van der Waals surface area contributed by atoms with E-state index in [1.54, 1.807) is 30.3 Å². The van der Waals surface area contributed by atoms with Crippen LogP contribution in [0.4, 0.5) is 0 Å². The van der Waals surface area contributed by atoms with Gasteiger partial charge >= 0.3 is 11.9 Å². The zero-order valence-electron chi connectivity index (χ0n) is 18.7. The van der Waals surface area contributed by atoms with Crippen molar-refractivity contribution in [1.29, 1.82) is 0 Å². The van der Waals surface area contributed by atoms with Gasteiger partial charge in [-0.05, 0) is 18.4 Å². The van der Waals surface area contributed by atoms with Crippen molar-refractivity contribution < 1.29 is 44.1 Å². The summed E-state index contributed by atoms with van der Waals surface area (Å²) in [6.45, 7) is -0.873. The van der Waals surface area contributed by atoms with Crippen molar-refractivity contribution in [3.05, 3.63) is 35.9 Å². The van der Waals surface area contributed by atoms with E-state index in [2.05, 4.69) is 10.6 Å². The molecule has 0 saturated carbocycles. The number of carboxylic acids is 2. The van der Waals surface area contributed by atoms with Gasteiger partial charge in [0.1, 0.15) is 18.1 Å². The summed E-state index contributed by atoms with van der Waals surface area (Å²) < 4.78 is 0. The number of amides is 4. The molecule has 10 N–H and O–H groups in total. The maximum Gasteiger partial charge on any atom is 0.326 e. The normalized spacial score (nSPS) is 14.0. The number of aliphatic hydroxyl groups is 1. The van der Waals surface area contributed by atoms with Gasteiger partial charge in [0.2, 0.25) is 23.6 Å². The lowest BCUT2D eigenvalue weighted by molar-refractivity contribution is -0.144. The first kappa shape index (κ1) is 29.0. The highest BCUT2D eigenvalue weighted by Gasteiger charge is 2.31. The summed E-state index contributed by atoms with van der Waals surface area (Å²) in [5, 5.41) is 34.0. The quantitative estimate of drug-likeness (QED) is 0.121. The monoisotopic (exact) mass is 495 g/mol. The maximum absolute atomic E-state index is 12.6. The van der Waals surface area contributed by atoms with Gasteiger partial charge in [0.05, 0.1) is 19.1 Å². The Balaban J connectivity index is 2.87. The number of aliphatic carboxylic acids is 2. The Labute approximate surface area is 200 Å². The smallest absolute Gasteiger partial charge is 0.326 e. The number of aliphatic hydroxyl groups excluding tert-OH is 1. The molecule has 14 nitrogen and oxygen atoms in total.